The summed E-state index contributed by atoms with van der Waals surface area (Å²) in [7, 11) is 0. The Bertz CT molecular complexity index is 283. The van der Waals surface area contributed by atoms with Gasteiger partial charge in [0, 0.05) is 18.1 Å². The van der Waals surface area contributed by atoms with E-state index >= 15 is 0 Å². The second kappa shape index (κ2) is 2.04. The number of nitrogens with zero attached hydrogens (tertiary/aromatic N) is 1. The van der Waals surface area contributed by atoms with Crippen LogP contribution in [0.4, 0.5) is 5.69 Å². The van der Waals surface area contributed by atoms with Crippen molar-refractivity contribution in [3.63, 3.8) is 0 Å². The van der Waals surface area contributed by atoms with Crippen molar-refractivity contribution in [2.45, 2.75) is 6.42 Å². The van der Waals surface area contributed by atoms with Crippen molar-refractivity contribution < 1.29 is 5.21 Å². The van der Waals surface area contributed by atoms with Crippen LogP contribution in [-0.2, 0) is 6.42 Å². The molecule has 1 aromatic carbocycles. The van der Waals surface area contributed by atoms with Crippen LogP contribution in [-0.4, -0.2) is 11.8 Å². The Hall–Kier alpha value is -0.900. The van der Waals surface area contributed by atoms with E-state index < -0.39 is 4.81 Å². The number of para-hydroxylation sites is 1. The Morgan fingerprint density at radius 3 is 2.82 bits per heavy atom. The molecule has 0 aromatic heterocycles. The lowest BCUT2D eigenvalue weighted by Crippen LogP contribution is -2.36. The molecular weight excluding hydrogens is 142 g/mol. The highest BCUT2D eigenvalue weighted by Gasteiger charge is 2.28. The van der Waals surface area contributed by atoms with Crippen LogP contribution in [0.15, 0.2) is 24.3 Å². The fourth-order valence-electron chi connectivity index (χ4n) is 1.46. The third kappa shape index (κ3) is 0.939. The van der Waals surface area contributed by atoms with E-state index in [1.54, 1.807) is 12.1 Å². The van der Waals surface area contributed by atoms with E-state index in [2.05, 4.69) is 0 Å². The Labute approximate surface area is 64.6 Å². The molecule has 0 saturated heterocycles. The van der Waals surface area contributed by atoms with E-state index in [1.165, 1.54) is 0 Å². The van der Waals surface area contributed by atoms with Crippen molar-refractivity contribution in [3.05, 3.63) is 35.0 Å². The monoisotopic (exact) mass is 151 g/mol. The molecule has 2 rings (SSSR count). The van der Waals surface area contributed by atoms with Crippen LogP contribution in [0.2, 0.25) is 0 Å². The Balaban J connectivity index is 2.56. The fourth-order valence-corrected chi connectivity index (χ4v) is 1.46. The summed E-state index contributed by atoms with van der Waals surface area (Å²) >= 11 is 0. The van der Waals surface area contributed by atoms with Crippen LogP contribution in [0.25, 0.3) is 0 Å². The van der Waals surface area contributed by atoms with Gasteiger partial charge in [-0.2, -0.15) is 4.81 Å². The molecule has 3 nitrogen and oxygen atoms in total. The van der Waals surface area contributed by atoms with Crippen molar-refractivity contribution in [1.82, 2.24) is 4.81 Å². The predicted molar refractivity (Wildman–Crippen MR) is 42.0 cm³/mol. The first-order chi connectivity index (χ1) is 5.20. The highest BCUT2D eigenvalue weighted by molar-refractivity contribution is 5.52. The van der Waals surface area contributed by atoms with E-state index in [1.807, 2.05) is 12.1 Å². The molecule has 0 aliphatic carbocycles. The lowest BCUT2D eigenvalue weighted by molar-refractivity contribution is -0.0213. The summed E-state index contributed by atoms with van der Waals surface area (Å²) in [6.45, 7) is 0.249. The number of benzene rings is 1. The number of hydrogen-bond acceptors (Lipinski definition) is 2. The third-order valence-electron chi connectivity index (χ3n) is 2.05. The second-order valence-electron chi connectivity index (χ2n) is 2.80. The van der Waals surface area contributed by atoms with Gasteiger partial charge in [-0.25, -0.2) is 5.21 Å². The molecule has 3 heteroatoms. The molecule has 1 atom stereocenters. The van der Waals surface area contributed by atoms with Crippen LogP contribution < -0.4 is 4.81 Å². The molecule has 0 bridgehead atoms. The molecule has 1 aromatic rings. The Morgan fingerprint density at radius 2 is 2.09 bits per heavy atom. The van der Waals surface area contributed by atoms with E-state index in [4.69, 9.17) is 0 Å². The summed E-state index contributed by atoms with van der Waals surface area (Å²) < 4.78 is 0. The summed E-state index contributed by atoms with van der Waals surface area (Å²) in [5.41, 5.74) is 1.46. The zero-order valence-corrected chi connectivity index (χ0v) is 6.03. The van der Waals surface area contributed by atoms with Crippen LogP contribution in [0, 0.1) is 5.21 Å². The number of fused-ring (bicyclic) bond motifs is 1. The average molecular weight is 151 g/mol. The lowest BCUT2D eigenvalue weighted by atomic mass is 10.2. The van der Waals surface area contributed by atoms with Crippen molar-refractivity contribution in [2.75, 3.05) is 6.54 Å². The van der Waals surface area contributed by atoms with Gasteiger partial charge in [0.1, 0.15) is 6.54 Å². The van der Waals surface area contributed by atoms with Crippen molar-refractivity contribution >= 4 is 5.69 Å². The van der Waals surface area contributed by atoms with Crippen LogP contribution in [0.5, 0.6) is 0 Å². The van der Waals surface area contributed by atoms with Gasteiger partial charge in [-0.3, -0.25) is 0 Å². The Kier molecular flexibility index (Phi) is 1.26. The van der Waals surface area contributed by atoms with Gasteiger partial charge in [0.2, 0.25) is 0 Å². The molecule has 58 valence electrons. The minimum atomic E-state index is -1.20. The lowest BCUT2D eigenvalue weighted by Gasteiger charge is -2.28. The first-order valence-electron chi connectivity index (χ1n) is 3.60. The fraction of sp³-hybridized carbons (Fsp3) is 0.250. The molecule has 0 radical (unpaired) electrons. The van der Waals surface area contributed by atoms with Crippen molar-refractivity contribution in [3.8, 4) is 0 Å². The summed E-state index contributed by atoms with van der Waals surface area (Å²) in [5.74, 6) is 0. The minimum absolute atomic E-state index is 0.249. The van der Waals surface area contributed by atoms with E-state index in [0.717, 1.165) is 5.56 Å². The van der Waals surface area contributed by atoms with Crippen molar-refractivity contribution in [1.29, 1.82) is 0 Å². The highest BCUT2D eigenvalue weighted by Crippen LogP contribution is 2.31. The van der Waals surface area contributed by atoms with Crippen LogP contribution >= 0.6 is 0 Å². The molecule has 0 amide bonds. The highest BCUT2D eigenvalue weighted by atomic mass is 16.8. The molecule has 1 aliphatic heterocycles. The second-order valence-corrected chi connectivity index (χ2v) is 2.80. The summed E-state index contributed by atoms with van der Waals surface area (Å²) in [5, 5.41) is 20.4. The predicted octanol–water partition coefficient (Wildman–Crippen LogP) is 1.44. The van der Waals surface area contributed by atoms with Gasteiger partial charge in [0.15, 0.2) is 5.69 Å². The number of rotatable bonds is 0. The van der Waals surface area contributed by atoms with Crippen molar-refractivity contribution in [2.24, 2.45) is 0 Å². The van der Waals surface area contributed by atoms with Gasteiger partial charge in [-0.05, 0) is 0 Å². The van der Waals surface area contributed by atoms with E-state index in [-0.39, 0.29) is 6.54 Å². The third-order valence-corrected chi connectivity index (χ3v) is 2.05. The minimum Gasteiger partial charge on any atom is -0.593 e. The van der Waals surface area contributed by atoms with E-state index in [9.17, 15) is 10.4 Å². The normalized spacial score (nSPS) is 28.5. The van der Waals surface area contributed by atoms with Gasteiger partial charge in [0.25, 0.3) is 0 Å². The molecule has 1 N–H and O–H groups in total. The van der Waals surface area contributed by atoms with Gasteiger partial charge in [0.05, 0.1) is 0 Å². The number of hydroxylamine groups is 2. The summed E-state index contributed by atoms with van der Waals surface area (Å²) in [6, 6.07) is 7.20. The van der Waals surface area contributed by atoms with Gasteiger partial charge >= 0.3 is 0 Å². The molecule has 0 saturated carbocycles. The standard InChI is InChI=1S/C8H9NO2/c10-9(11)6-5-7-3-1-2-4-8(7)9/h1-4,10H,5-6H2. The molecule has 0 spiro atoms. The molecule has 0 fully saturated rings. The molecular formula is C8H9NO2. The Morgan fingerprint density at radius 1 is 1.36 bits per heavy atom. The average Bonchev–Trinajstić information content (AvgIpc) is 2.29. The molecule has 1 unspecified atom stereocenters. The summed E-state index contributed by atoms with van der Waals surface area (Å²) in [4.78, 5) is -1.20. The molecule has 1 aliphatic rings. The topological polar surface area (TPSA) is 43.3 Å². The smallest absolute Gasteiger partial charge is 0.168 e. The first-order valence-corrected chi connectivity index (χ1v) is 3.60. The zero-order valence-electron chi connectivity index (χ0n) is 6.03. The SMILES string of the molecule is [O-][N+]1(O)CCc2ccccc21. The first kappa shape index (κ1) is 6.79. The van der Waals surface area contributed by atoms with Gasteiger partial charge < -0.3 is 5.21 Å². The number of hydrogen-bond donors (Lipinski definition) is 1. The summed E-state index contributed by atoms with van der Waals surface area (Å²) in [6.07, 6.45) is 0.677. The number of quaternary nitrogens is 1. The zero-order chi connectivity index (χ0) is 7.90. The maximum Gasteiger partial charge on any atom is 0.168 e. The van der Waals surface area contributed by atoms with Crippen LogP contribution in [0.1, 0.15) is 5.56 Å². The van der Waals surface area contributed by atoms with Gasteiger partial charge in [-0.15, -0.1) is 0 Å². The quantitative estimate of drug-likeness (QED) is 0.450. The maximum atomic E-state index is 11.2. The van der Waals surface area contributed by atoms with E-state index in [0.29, 0.717) is 12.1 Å². The molecule has 1 heterocycles. The largest absolute Gasteiger partial charge is 0.593 e. The van der Waals surface area contributed by atoms with Crippen LogP contribution in [0.3, 0.4) is 0 Å². The maximum absolute atomic E-state index is 11.2. The van der Waals surface area contributed by atoms with Gasteiger partial charge in [-0.1, -0.05) is 18.2 Å². The molecule has 11 heavy (non-hydrogen) atoms.